The second-order valence-electron chi connectivity index (χ2n) is 6.03. The van der Waals surface area contributed by atoms with Gasteiger partial charge in [-0.2, -0.15) is 0 Å². The number of carbonyl (C=O) groups is 1. The van der Waals surface area contributed by atoms with Crippen molar-refractivity contribution in [2.45, 2.75) is 39.3 Å². The Hall–Kier alpha value is -1.84. The second kappa shape index (κ2) is 8.14. The molecule has 0 aliphatic rings. The quantitative estimate of drug-likeness (QED) is 0.875. The number of halogens is 1. The van der Waals surface area contributed by atoms with Gasteiger partial charge in [-0.25, -0.2) is 0 Å². The van der Waals surface area contributed by atoms with Crippen molar-refractivity contribution in [1.29, 1.82) is 0 Å². The maximum Gasteiger partial charge on any atom is 0.251 e. The molecule has 23 heavy (non-hydrogen) atoms. The number of benzene rings is 2. The van der Waals surface area contributed by atoms with Gasteiger partial charge in [-0.05, 0) is 49.1 Å². The molecule has 2 aromatic rings. The van der Waals surface area contributed by atoms with Gasteiger partial charge in [0.05, 0.1) is 5.54 Å². The predicted octanol–water partition coefficient (Wildman–Crippen LogP) is 3.79. The molecule has 3 N–H and O–H groups in total. The molecule has 4 heteroatoms. The Kier molecular flexibility index (Phi) is 6.79. The predicted molar refractivity (Wildman–Crippen MR) is 97.9 cm³/mol. The fourth-order valence-electron chi connectivity index (χ4n) is 2.38. The summed E-state index contributed by atoms with van der Waals surface area (Å²) >= 11 is 0. The molecular weight excluding hydrogens is 308 g/mol. The molecular formula is C19H25ClN2O. The maximum atomic E-state index is 12.4. The average molecular weight is 333 g/mol. The normalized spacial score (nSPS) is 10.8. The average Bonchev–Trinajstić information content (AvgIpc) is 2.54. The molecule has 0 aromatic heterocycles. The number of rotatable bonds is 5. The van der Waals surface area contributed by atoms with E-state index in [1.54, 1.807) is 0 Å². The van der Waals surface area contributed by atoms with Crippen molar-refractivity contribution in [3.05, 3.63) is 70.8 Å². The van der Waals surface area contributed by atoms with E-state index < -0.39 is 5.54 Å². The summed E-state index contributed by atoms with van der Waals surface area (Å²) in [6.45, 7) is 6.64. The Balaban J connectivity index is 0.00000264. The summed E-state index contributed by atoms with van der Waals surface area (Å²) in [7, 11) is 0. The molecule has 1 amide bonds. The van der Waals surface area contributed by atoms with Gasteiger partial charge in [0.25, 0.3) is 5.91 Å². The van der Waals surface area contributed by atoms with Crippen molar-refractivity contribution < 1.29 is 4.79 Å². The van der Waals surface area contributed by atoms with Gasteiger partial charge in [0.15, 0.2) is 0 Å². The minimum absolute atomic E-state index is 0. The molecule has 0 unspecified atom stereocenters. The summed E-state index contributed by atoms with van der Waals surface area (Å²) in [6, 6.07) is 15.8. The fourth-order valence-corrected chi connectivity index (χ4v) is 2.38. The van der Waals surface area contributed by atoms with Crippen molar-refractivity contribution >= 4 is 18.3 Å². The van der Waals surface area contributed by atoms with Gasteiger partial charge in [0, 0.05) is 12.1 Å². The third kappa shape index (κ3) is 4.81. The van der Waals surface area contributed by atoms with E-state index in [1.165, 1.54) is 5.56 Å². The Morgan fingerprint density at radius 2 is 1.52 bits per heavy atom. The Morgan fingerprint density at radius 1 is 1.00 bits per heavy atom. The van der Waals surface area contributed by atoms with Crippen LogP contribution in [0.15, 0.2) is 48.5 Å². The summed E-state index contributed by atoms with van der Waals surface area (Å²) in [5.74, 6) is -0.0758. The van der Waals surface area contributed by atoms with Crippen LogP contribution in [0, 0.1) is 0 Å². The van der Waals surface area contributed by atoms with E-state index in [1.807, 2.05) is 38.1 Å². The first kappa shape index (κ1) is 19.2. The summed E-state index contributed by atoms with van der Waals surface area (Å²) in [4.78, 5) is 12.4. The van der Waals surface area contributed by atoms with E-state index in [0.717, 1.165) is 17.5 Å². The molecule has 0 radical (unpaired) electrons. The standard InChI is InChI=1S/C19H24N2O.ClH/c1-4-14-7-11-17(12-8-14)19(2,3)21-18(22)16-9-5-15(13-20)6-10-16;/h5-12H,4,13,20H2,1-3H3,(H,21,22);1H. The molecule has 0 aliphatic carbocycles. The number of nitrogens with two attached hydrogens (primary N) is 1. The van der Waals surface area contributed by atoms with Crippen LogP contribution in [0.5, 0.6) is 0 Å². The number of amides is 1. The molecule has 0 aliphatic heterocycles. The molecule has 0 spiro atoms. The van der Waals surface area contributed by atoms with Crippen molar-refractivity contribution in [3.63, 3.8) is 0 Å². The molecule has 0 saturated carbocycles. The SMILES string of the molecule is CCc1ccc(C(C)(C)NC(=O)c2ccc(CN)cc2)cc1.Cl. The molecule has 2 aromatic carbocycles. The lowest BCUT2D eigenvalue weighted by Crippen LogP contribution is -2.41. The number of nitrogens with one attached hydrogen (secondary N) is 1. The Labute approximate surface area is 144 Å². The van der Waals surface area contributed by atoms with Crippen molar-refractivity contribution in [1.82, 2.24) is 5.32 Å². The first-order valence-corrected chi connectivity index (χ1v) is 7.67. The van der Waals surface area contributed by atoms with Gasteiger partial charge in [-0.3, -0.25) is 4.79 Å². The third-order valence-electron chi connectivity index (χ3n) is 3.96. The topological polar surface area (TPSA) is 55.1 Å². The summed E-state index contributed by atoms with van der Waals surface area (Å²) in [5.41, 5.74) is 9.21. The molecule has 0 fully saturated rings. The lowest BCUT2D eigenvalue weighted by molar-refractivity contribution is 0.0912. The van der Waals surface area contributed by atoms with Crippen molar-refractivity contribution in [2.24, 2.45) is 5.73 Å². The van der Waals surface area contributed by atoms with Crippen LogP contribution in [0.25, 0.3) is 0 Å². The fraction of sp³-hybridized carbons (Fsp3) is 0.316. The Bertz CT molecular complexity index is 633. The van der Waals surface area contributed by atoms with Gasteiger partial charge < -0.3 is 11.1 Å². The maximum absolute atomic E-state index is 12.4. The van der Waals surface area contributed by atoms with Crippen molar-refractivity contribution in [2.75, 3.05) is 0 Å². The van der Waals surface area contributed by atoms with E-state index in [-0.39, 0.29) is 18.3 Å². The second-order valence-corrected chi connectivity index (χ2v) is 6.03. The van der Waals surface area contributed by atoms with Crippen LogP contribution in [-0.2, 0) is 18.5 Å². The van der Waals surface area contributed by atoms with Crippen LogP contribution in [0.1, 0.15) is 47.8 Å². The van der Waals surface area contributed by atoms with Gasteiger partial charge in [0.1, 0.15) is 0 Å². The zero-order valence-corrected chi connectivity index (χ0v) is 14.7. The van der Waals surface area contributed by atoms with E-state index >= 15 is 0 Å². The minimum Gasteiger partial charge on any atom is -0.343 e. The molecule has 124 valence electrons. The smallest absolute Gasteiger partial charge is 0.251 e. The minimum atomic E-state index is -0.421. The van der Waals surface area contributed by atoms with E-state index in [4.69, 9.17) is 5.73 Å². The highest BCUT2D eigenvalue weighted by Gasteiger charge is 2.23. The lowest BCUT2D eigenvalue weighted by atomic mass is 9.92. The number of hydrogen-bond donors (Lipinski definition) is 2. The molecule has 0 saturated heterocycles. The van der Waals surface area contributed by atoms with E-state index in [2.05, 4.69) is 36.5 Å². The van der Waals surface area contributed by atoms with Gasteiger partial charge in [-0.1, -0.05) is 43.3 Å². The number of hydrogen-bond acceptors (Lipinski definition) is 2. The first-order valence-electron chi connectivity index (χ1n) is 7.67. The highest BCUT2D eigenvalue weighted by Crippen LogP contribution is 2.21. The van der Waals surface area contributed by atoms with Crippen molar-refractivity contribution in [3.8, 4) is 0 Å². The zero-order chi connectivity index (χ0) is 16.2. The van der Waals surface area contributed by atoms with E-state index in [0.29, 0.717) is 12.1 Å². The number of carbonyl (C=O) groups excluding carboxylic acids is 1. The lowest BCUT2D eigenvalue weighted by Gasteiger charge is -2.27. The monoisotopic (exact) mass is 332 g/mol. The van der Waals surface area contributed by atoms with Gasteiger partial charge in [-0.15, -0.1) is 12.4 Å². The van der Waals surface area contributed by atoms with Crippen LogP contribution in [-0.4, -0.2) is 5.91 Å². The van der Waals surface area contributed by atoms with E-state index in [9.17, 15) is 4.79 Å². The largest absolute Gasteiger partial charge is 0.343 e. The van der Waals surface area contributed by atoms with Gasteiger partial charge in [0.2, 0.25) is 0 Å². The Morgan fingerprint density at radius 3 is 2.00 bits per heavy atom. The molecule has 0 bridgehead atoms. The van der Waals surface area contributed by atoms with Crippen LogP contribution >= 0.6 is 12.4 Å². The van der Waals surface area contributed by atoms with Gasteiger partial charge >= 0.3 is 0 Å². The summed E-state index contributed by atoms with van der Waals surface area (Å²) < 4.78 is 0. The third-order valence-corrected chi connectivity index (χ3v) is 3.96. The summed E-state index contributed by atoms with van der Waals surface area (Å²) in [6.07, 6.45) is 1.01. The molecule has 0 atom stereocenters. The highest BCUT2D eigenvalue weighted by atomic mass is 35.5. The van der Waals surface area contributed by atoms with Crippen LogP contribution < -0.4 is 11.1 Å². The molecule has 2 rings (SSSR count). The zero-order valence-electron chi connectivity index (χ0n) is 13.9. The molecule has 3 nitrogen and oxygen atoms in total. The molecule has 0 heterocycles. The highest BCUT2D eigenvalue weighted by molar-refractivity contribution is 5.94. The number of aryl methyl sites for hydroxylation is 1. The van der Waals surface area contributed by atoms with Crippen LogP contribution in [0.3, 0.4) is 0 Å². The van der Waals surface area contributed by atoms with Crippen LogP contribution in [0.2, 0.25) is 0 Å². The first-order chi connectivity index (χ1) is 10.5. The van der Waals surface area contributed by atoms with Crippen LogP contribution in [0.4, 0.5) is 0 Å². The summed E-state index contributed by atoms with van der Waals surface area (Å²) in [5, 5.41) is 3.09.